The number of hydrogen-bond acceptors (Lipinski definition) is 7. The number of rotatable bonds is 3. The predicted molar refractivity (Wildman–Crippen MR) is 117 cm³/mol. The highest BCUT2D eigenvalue weighted by molar-refractivity contribution is 6.50. The molecule has 0 radical (unpaired) electrons. The van der Waals surface area contributed by atoms with Gasteiger partial charge in [0.2, 0.25) is 11.5 Å². The summed E-state index contributed by atoms with van der Waals surface area (Å²) in [5.41, 5.74) is 1.50. The van der Waals surface area contributed by atoms with Crippen LogP contribution in [0.25, 0.3) is 11.0 Å². The molecule has 0 atom stereocenters. The van der Waals surface area contributed by atoms with Crippen LogP contribution in [0, 0.1) is 11.3 Å². The van der Waals surface area contributed by atoms with Crippen molar-refractivity contribution in [3.8, 4) is 23.6 Å². The van der Waals surface area contributed by atoms with Crippen LogP contribution >= 0.6 is 23.2 Å². The second kappa shape index (κ2) is 7.82. The minimum Gasteiger partial charge on any atom is -0.465 e. The molecule has 160 valence electrons. The van der Waals surface area contributed by atoms with Crippen LogP contribution in [0.2, 0.25) is 10.0 Å². The second-order valence-electron chi connectivity index (χ2n) is 7.11. The topological polar surface area (TPSA) is 110 Å². The fourth-order valence-electron chi connectivity index (χ4n) is 3.53. The minimum atomic E-state index is -0.631. The van der Waals surface area contributed by atoms with Gasteiger partial charge in [0.05, 0.1) is 39.8 Å². The first-order valence-electron chi connectivity index (χ1n) is 9.59. The fourth-order valence-corrected chi connectivity index (χ4v) is 4.09. The van der Waals surface area contributed by atoms with E-state index < -0.39 is 18.1 Å². The van der Waals surface area contributed by atoms with Crippen molar-refractivity contribution in [2.45, 2.75) is 19.4 Å². The number of hydrogen-bond donors (Lipinski definition) is 0. The summed E-state index contributed by atoms with van der Waals surface area (Å²) in [5, 5.41) is 14.0. The van der Waals surface area contributed by atoms with E-state index in [1.807, 2.05) is 16.7 Å². The summed E-state index contributed by atoms with van der Waals surface area (Å²) in [7, 11) is 0. The van der Waals surface area contributed by atoms with Gasteiger partial charge in [0.25, 0.3) is 11.9 Å². The maximum atomic E-state index is 12.2. The van der Waals surface area contributed by atoms with Gasteiger partial charge in [-0.3, -0.25) is 14.2 Å². The van der Waals surface area contributed by atoms with Crippen LogP contribution in [0.4, 0.5) is 5.69 Å². The van der Waals surface area contributed by atoms with E-state index in [1.54, 1.807) is 12.1 Å². The molecule has 2 aliphatic rings. The zero-order valence-electron chi connectivity index (χ0n) is 16.3. The summed E-state index contributed by atoms with van der Waals surface area (Å²) >= 11 is 12.8. The lowest BCUT2D eigenvalue weighted by molar-refractivity contribution is -0.124. The lowest BCUT2D eigenvalue weighted by Crippen LogP contribution is -2.36. The average molecular weight is 470 g/mol. The molecule has 0 fully saturated rings. The number of halogens is 2. The smallest absolute Gasteiger partial charge is 0.297 e. The number of nitrogens with zero attached hydrogens (tertiary/aromatic N) is 5. The molecule has 0 aliphatic carbocycles. The Bertz CT molecular complexity index is 1350. The quantitative estimate of drug-likeness (QED) is 0.533. The van der Waals surface area contributed by atoms with Crippen LogP contribution < -0.4 is 14.5 Å². The molecule has 0 bridgehead atoms. The molecular weight excluding hydrogens is 457 g/mol. The van der Waals surface area contributed by atoms with Gasteiger partial charge in [0.15, 0.2) is 5.75 Å². The fraction of sp³-hybridized carbons (Fsp3) is 0.190. The number of aromatic nitrogens is 2. The van der Waals surface area contributed by atoms with Gasteiger partial charge in [0, 0.05) is 12.6 Å². The number of Topliss-reactive ketones (excluding diaryl/α,β-unsaturated/α-hetero) is 1. The molecule has 0 saturated heterocycles. The Balaban J connectivity index is 1.48. The van der Waals surface area contributed by atoms with Crippen molar-refractivity contribution in [2.24, 2.45) is 5.10 Å². The highest BCUT2D eigenvalue weighted by Gasteiger charge is 2.29. The molecule has 2 aromatic carbocycles. The minimum absolute atomic E-state index is 0.129. The van der Waals surface area contributed by atoms with E-state index in [4.69, 9.17) is 37.9 Å². The van der Waals surface area contributed by atoms with Gasteiger partial charge in [-0.1, -0.05) is 23.2 Å². The Hall–Kier alpha value is -3.61. The standard InChI is InChI=1S/C21H13Cl2N5O4/c22-13-6-11(28-19(30)9-18(29)16(10-24)26-28)7-14(23)20(13)32-12-2-3-15-17(8-12)27-4-1-5-31-21(27)25-15/h2-3,6-8H,1,4-5,9H2. The van der Waals surface area contributed by atoms with Crippen molar-refractivity contribution in [1.82, 2.24) is 9.55 Å². The summed E-state index contributed by atoms with van der Waals surface area (Å²) in [6, 6.07) is 10.5. The van der Waals surface area contributed by atoms with Crippen LogP contribution in [0.5, 0.6) is 17.5 Å². The van der Waals surface area contributed by atoms with Crippen molar-refractivity contribution in [2.75, 3.05) is 11.6 Å². The van der Waals surface area contributed by atoms with E-state index in [2.05, 4.69) is 10.1 Å². The summed E-state index contributed by atoms with van der Waals surface area (Å²) < 4.78 is 13.5. The van der Waals surface area contributed by atoms with Crippen molar-refractivity contribution in [1.29, 1.82) is 5.26 Å². The lowest BCUT2D eigenvalue weighted by atomic mass is 10.1. The number of aryl methyl sites for hydroxylation is 1. The Morgan fingerprint density at radius 2 is 1.94 bits per heavy atom. The molecular formula is C21H13Cl2N5O4. The van der Waals surface area contributed by atoms with E-state index in [0.29, 0.717) is 18.4 Å². The van der Waals surface area contributed by atoms with E-state index in [0.717, 1.165) is 29.0 Å². The van der Waals surface area contributed by atoms with E-state index in [9.17, 15) is 9.59 Å². The number of ether oxygens (including phenoxy) is 2. The third-order valence-electron chi connectivity index (χ3n) is 5.01. The summed E-state index contributed by atoms with van der Waals surface area (Å²) in [4.78, 5) is 28.4. The van der Waals surface area contributed by atoms with E-state index in [1.165, 1.54) is 12.1 Å². The molecule has 3 aromatic rings. The third kappa shape index (κ3) is 3.43. The maximum absolute atomic E-state index is 12.2. The number of fused-ring (bicyclic) bond motifs is 3. The Labute approximate surface area is 191 Å². The van der Waals surface area contributed by atoms with Gasteiger partial charge in [-0.2, -0.15) is 20.4 Å². The Morgan fingerprint density at radius 3 is 2.69 bits per heavy atom. The maximum Gasteiger partial charge on any atom is 0.297 e. The van der Waals surface area contributed by atoms with Crippen molar-refractivity contribution in [3.63, 3.8) is 0 Å². The first-order chi connectivity index (χ1) is 15.4. The molecule has 1 aromatic heterocycles. The van der Waals surface area contributed by atoms with E-state index in [-0.39, 0.29) is 27.2 Å². The van der Waals surface area contributed by atoms with E-state index >= 15 is 0 Å². The Morgan fingerprint density at radius 1 is 1.16 bits per heavy atom. The molecule has 0 unspecified atom stereocenters. The molecule has 32 heavy (non-hydrogen) atoms. The first-order valence-corrected chi connectivity index (χ1v) is 10.3. The molecule has 0 N–H and O–H groups in total. The molecule has 0 saturated carbocycles. The highest BCUT2D eigenvalue weighted by Crippen LogP contribution is 2.41. The van der Waals surface area contributed by atoms with Crippen LogP contribution in [0.1, 0.15) is 12.8 Å². The molecule has 9 nitrogen and oxygen atoms in total. The number of nitriles is 1. The number of carbonyl (C=O) groups is 2. The lowest BCUT2D eigenvalue weighted by Gasteiger charge is -2.22. The van der Waals surface area contributed by atoms with Crippen LogP contribution in [0.15, 0.2) is 35.4 Å². The van der Waals surface area contributed by atoms with Gasteiger partial charge < -0.3 is 9.47 Å². The second-order valence-corrected chi connectivity index (χ2v) is 7.92. The third-order valence-corrected chi connectivity index (χ3v) is 5.57. The van der Waals surface area contributed by atoms with Crippen LogP contribution in [-0.4, -0.2) is 33.6 Å². The number of benzene rings is 2. The summed E-state index contributed by atoms with van der Waals surface area (Å²) in [5.74, 6) is -0.537. The number of imidazole rings is 1. The van der Waals surface area contributed by atoms with Crippen LogP contribution in [0.3, 0.4) is 0 Å². The largest absolute Gasteiger partial charge is 0.465 e. The molecule has 5 rings (SSSR count). The number of anilines is 1. The molecule has 3 heterocycles. The van der Waals surface area contributed by atoms with Crippen molar-refractivity contribution >= 4 is 57.3 Å². The molecule has 2 aliphatic heterocycles. The van der Waals surface area contributed by atoms with Crippen LogP contribution in [-0.2, 0) is 16.1 Å². The average Bonchev–Trinajstić information content (AvgIpc) is 3.14. The van der Waals surface area contributed by atoms with Crippen molar-refractivity contribution in [3.05, 3.63) is 40.4 Å². The number of hydrazone groups is 1. The highest BCUT2D eigenvalue weighted by atomic mass is 35.5. The van der Waals surface area contributed by atoms with Gasteiger partial charge in [-0.05, 0) is 30.7 Å². The zero-order chi connectivity index (χ0) is 22.4. The zero-order valence-corrected chi connectivity index (χ0v) is 17.9. The predicted octanol–water partition coefficient (Wildman–Crippen LogP) is 4.10. The monoisotopic (exact) mass is 469 g/mol. The normalized spacial score (nSPS) is 15.8. The molecule has 11 heteroatoms. The molecule has 0 spiro atoms. The summed E-state index contributed by atoms with van der Waals surface area (Å²) in [6.07, 6.45) is 0.429. The van der Waals surface area contributed by atoms with Crippen molar-refractivity contribution < 1.29 is 19.1 Å². The summed E-state index contributed by atoms with van der Waals surface area (Å²) in [6.45, 7) is 1.43. The number of carbonyl (C=O) groups excluding carboxylic acids is 2. The van der Waals surface area contributed by atoms with Gasteiger partial charge in [-0.15, -0.1) is 0 Å². The first kappa shape index (κ1) is 20.3. The van der Waals surface area contributed by atoms with Gasteiger partial charge in [0.1, 0.15) is 11.8 Å². The SMILES string of the molecule is N#CC1=NN(c2cc(Cl)c(Oc3ccc4nc5n(c4c3)CCCO5)c(Cl)c2)C(=O)CC1=O. The van der Waals surface area contributed by atoms with Gasteiger partial charge >= 0.3 is 0 Å². The Kier molecular flexibility index (Phi) is 4.96. The molecule has 1 amide bonds. The van der Waals surface area contributed by atoms with Gasteiger partial charge in [-0.25, -0.2) is 0 Å². The number of ketones is 1. The number of amides is 1.